The molecule has 0 spiro atoms. The van der Waals surface area contributed by atoms with Gasteiger partial charge in [0, 0.05) is 0 Å². The predicted octanol–water partition coefficient (Wildman–Crippen LogP) is -8.22. The third-order valence-corrected chi connectivity index (χ3v) is 1.29. The number of hydrogen-bond donors (Lipinski definition) is 2. The van der Waals surface area contributed by atoms with Gasteiger partial charge in [0.1, 0.15) is 0 Å². The van der Waals surface area contributed by atoms with Gasteiger partial charge < -0.3 is 31.1 Å². The number of quaternary nitrogens is 2. The van der Waals surface area contributed by atoms with Crippen LogP contribution in [0.1, 0.15) is 0 Å². The van der Waals surface area contributed by atoms with E-state index in [1.165, 1.54) is 0 Å². The standard InChI is InChI=1S/2C4H9NO2.2Ca/c2*6-3-1-5-2-4-7;;/h2*5H,1-4H2;;/q2*-2;2*+2/p+2. The second-order valence-corrected chi connectivity index (χ2v) is 2.55. The Bertz CT molecular complexity index is 76.4. The molecule has 0 amide bonds. The zero-order valence-electron chi connectivity index (χ0n) is 9.86. The van der Waals surface area contributed by atoms with E-state index in [0.29, 0.717) is 26.2 Å². The van der Waals surface area contributed by atoms with E-state index in [2.05, 4.69) is 0 Å². The molecule has 0 bridgehead atoms. The van der Waals surface area contributed by atoms with E-state index in [4.69, 9.17) is 0 Å². The maximum Gasteiger partial charge on any atom is 2.00 e. The molecular weight excluding hydrogens is 268 g/mol. The van der Waals surface area contributed by atoms with Crippen LogP contribution in [0.5, 0.6) is 0 Å². The first-order valence-corrected chi connectivity index (χ1v) is 4.79. The van der Waals surface area contributed by atoms with Gasteiger partial charge in [0.05, 0.1) is 26.2 Å². The average molecular weight is 288 g/mol. The molecule has 0 aromatic carbocycles. The van der Waals surface area contributed by atoms with Gasteiger partial charge >= 0.3 is 75.5 Å². The van der Waals surface area contributed by atoms with E-state index >= 15 is 0 Å². The fourth-order valence-electron chi connectivity index (χ4n) is 0.622. The summed E-state index contributed by atoms with van der Waals surface area (Å²) >= 11 is 0. The molecule has 6 nitrogen and oxygen atoms in total. The molecule has 0 radical (unpaired) electrons. The van der Waals surface area contributed by atoms with E-state index in [9.17, 15) is 20.4 Å². The molecule has 0 aliphatic rings. The van der Waals surface area contributed by atoms with Crippen molar-refractivity contribution in [2.75, 3.05) is 52.6 Å². The van der Waals surface area contributed by atoms with E-state index in [1.54, 1.807) is 10.6 Å². The summed E-state index contributed by atoms with van der Waals surface area (Å²) in [7, 11) is 0. The van der Waals surface area contributed by atoms with Crippen molar-refractivity contribution in [2.45, 2.75) is 0 Å². The smallest absolute Gasteiger partial charge is 0.850 e. The Hall–Kier alpha value is 2.28. The Kier molecular flexibility index (Phi) is 50.8. The van der Waals surface area contributed by atoms with Gasteiger partial charge in [-0.1, -0.05) is 26.4 Å². The van der Waals surface area contributed by atoms with E-state index < -0.39 is 0 Å². The minimum atomic E-state index is -0.0833. The molecule has 0 saturated heterocycles. The largest absolute Gasteiger partial charge is 2.00 e. The Morgan fingerprint density at radius 3 is 0.812 bits per heavy atom. The van der Waals surface area contributed by atoms with Crippen molar-refractivity contribution in [3.8, 4) is 0 Å². The van der Waals surface area contributed by atoms with Gasteiger partial charge in [0.15, 0.2) is 0 Å². The Morgan fingerprint density at radius 2 is 0.688 bits per heavy atom. The van der Waals surface area contributed by atoms with Gasteiger partial charge in [-0.05, 0) is 0 Å². The molecule has 0 aromatic heterocycles. The molecule has 0 aliphatic carbocycles. The van der Waals surface area contributed by atoms with Gasteiger partial charge in [-0.15, -0.1) is 0 Å². The van der Waals surface area contributed by atoms with Crippen LogP contribution in [0.15, 0.2) is 0 Å². The Morgan fingerprint density at radius 1 is 0.500 bits per heavy atom. The van der Waals surface area contributed by atoms with Crippen molar-refractivity contribution in [2.24, 2.45) is 0 Å². The fourth-order valence-corrected chi connectivity index (χ4v) is 0.622. The van der Waals surface area contributed by atoms with Crippen molar-refractivity contribution < 1.29 is 31.1 Å². The van der Waals surface area contributed by atoms with E-state index in [1.807, 2.05) is 0 Å². The predicted molar refractivity (Wildman–Crippen MR) is 54.3 cm³/mol. The zero-order chi connectivity index (χ0) is 11.1. The van der Waals surface area contributed by atoms with Gasteiger partial charge in [0.25, 0.3) is 0 Å². The number of rotatable bonds is 8. The van der Waals surface area contributed by atoms with E-state index in [0.717, 1.165) is 0 Å². The molecule has 0 saturated carbocycles. The SMILES string of the molecule is [Ca+2].[Ca+2].[O-]CC[NH2+]CC[O-].[O-]CC[NH2+]CC[O-]. The van der Waals surface area contributed by atoms with Crippen molar-refractivity contribution in [1.82, 2.24) is 0 Å². The van der Waals surface area contributed by atoms with Crippen LogP contribution in [-0.2, 0) is 0 Å². The summed E-state index contributed by atoms with van der Waals surface area (Å²) in [5, 5.41) is 42.2. The van der Waals surface area contributed by atoms with Crippen LogP contribution in [-0.4, -0.2) is 128 Å². The van der Waals surface area contributed by atoms with Gasteiger partial charge in [0.2, 0.25) is 0 Å². The third kappa shape index (κ3) is 36.0. The van der Waals surface area contributed by atoms with Crippen LogP contribution in [0.3, 0.4) is 0 Å². The van der Waals surface area contributed by atoms with Crippen LogP contribution < -0.4 is 31.1 Å². The Labute approximate surface area is 157 Å². The van der Waals surface area contributed by atoms with Crippen molar-refractivity contribution in [1.29, 1.82) is 0 Å². The number of nitrogens with two attached hydrogens (primary N) is 2. The second kappa shape index (κ2) is 30.4. The summed E-state index contributed by atoms with van der Waals surface area (Å²) in [6, 6.07) is 0. The summed E-state index contributed by atoms with van der Waals surface area (Å²) in [5.74, 6) is 0. The van der Waals surface area contributed by atoms with Crippen molar-refractivity contribution in [3.63, 3.8) is 0 Å². The maximum absolute atomic E-state index is 9.67. The molecule has 16 heavy (non-hydrogen) atoms. The minimum Gasteiger partial charge on any atom is -0.850 e. The second-order valence-electron chi connectivity index (χ2n) is 2.55. The molecule has 0 fully saturated rings. The minimum absolute atomic E-state index is 0. The van der Waals surface area contributed by atoms with Crippen LogP contribution in [0, 0.1) is 0 Å². The zero-order valence-corrected chi connectivity index (χ0v) is 14.3. The molecule has 0 heterocycles. The van der Waals surface area contributed by atoms with Crippen LogP contribution in [0.2, 0.25) is 0 Å². The monoisotopic (exact) mass is 288 g/mol. The third-order valence-electron chi connectivity index (χ3n) is 1.29. The summed E-state index contributed by atoms with van der Waals surface area (Å²) in [5.41, 5.74) is 0. The Balaban J connectivity index is -0.0000000800. The molecule has 0 atom stereocenters. The molecule has 4 N–H and O–H groups in total. The molecule has 8 heteroatoms. The van der Waals surface area contributed by atoms with Gasteiger partial charge in [-0.2, -0.15) is 0 Å². The summed E-state index contributed by atoms with van der Waals surface area (Å²) in [6.07, 6.45) is 0. The molecule has 0 aliphatic heterocycles. The first-order valence-electron chi connectivity index (χ1n) is 4.79. The van der Waals surface area contributed by atoms with Gasteiger partial charge in [-0.3, -0.25) is 0 Å². The van der Waals surface area contributed by atoms with Gasteiger partial charge in [-0.25, -0.2) is 0 Å². The molecule has 88 valence electrons. The summed E-state index contributed by atoms with van der Waals surface area (Å²) in [4.78, 5) is 0. The molecule has 0 rings (SSSR count). The van der Waals surface area contributed by atoms with E-state index in [-0.39, 0.29) is 102 Å². The topological polar surface area (TPSA) is 125 Å². The first kappa shape index (κ1) is 26.8. The van der Waals surface area contributed by atoms with Crippen LogP contribution >= 0.6 is 0 Å². The number of hydrogen-bond acceptors (Lipinski definition) is 4. The average Bonchev–Trinajstić information content (AvgIpc) is 2.21. The van der Waals surface area contributed by atoms with Crippen molar-refractivity contribution in [3.05, 3.63) is 0 Å². The fraction of sp³-hybridized carbons (Fsp3) is 1.00. The summed E-state index contributed by atoms with van der Waals surface area (Å²) in [6.45, 7) is 1.84. The first-order chi connectivity index (χ1) is 6.83. The maximum atomic E-state index is 9.67. The van der Waals surface area contributed by atoms with Crippen LogP contribution in [0.4, 0.5) is 0 Å². The quantitative estimate of drug-likeness (QED) is 0.340. The van der Waals surface area contributed by atoms with Crippen LogP contribution in [0.25, 0.3) is 0 Å². The molecular formula is C8H20Ca2N2O4+2. The van der Waals surface area contributed by atoms with Crippen molar-refractivity contribution >= 4 is 75.5 Å². The molecule has 0 unspecified atom stereocenters. The molecule has 0 aromatic rings. The summed E-state index contributed by atoms with van der Waals surface area (Å²) < 4.78 is 0. The normalized spacial score (nSPS) is 8.25.